The summed E-state index contributed by atoms with van der Waals surface area (Å²) in [7, 11) is -3.86. The number of nitrogens with one attached hydrogen (secondary N) is 1. The Balaban J connectivity index is 1.92. The molecular weight excluding hydrogens is 378 g/mol. The Morgan fingerprint density at radius 1 is 1.15 bits per heavy atom. The number of nitrogens with zero attached hydrogens (tertiary/aromatic N) is 1. The number of carbonyl (C=O) groups excluding carboxylic acids is 2. The lowest BCUT2D eigenvalue weighted by molar-refractivity contribution is -0.123. The molecule has 0 atom stereocenters. The van der Waals surface area contributed by atoms with Crippen molar-refractivity contribution < 1.29 is 26.8 Å². The highest BCUT2D eigenvalue weighted by atomic mass is 32.2. The standard InChI is InChI=1S/C18H16F2N2O4S/c1-18(2)10-27(25,26)22(17(18)24)13-5-3-4-11(8-13)16(23)21-15-7-6-12(19)9-14(15)20/h3-9H,10H2,1-2H3,(H,21,23). The summed E-state index contributed by atoms with van der Waals surface area (Å²) >= 11 is 0. The van der Waals surface area contributed by atoms with Gasteiger partial charge in [-0.3, -0.25) is 9.59 Å². The number of amides is 2. The van der Waals surface area contributed by atoms with Crippen molar-refractivity contribution in [2.75, 3.05) is 15.4 Å². The third kappa shape index (κ3) is 3.55. The van der Waals surface area contributed by atoms with E-state index in [2.05, 4.69) is 5.32 Å². The fraction of sp³-hybridized carbons (Fsp3) is 0.222. The lowest BCUT2D eigenvalue weighted by atomic mass is 9.95. The number of sulfonamides is 1. The molecule has 0 aliphatic carbocycles. The summed E-state index contributed by atoms with van der Waals surface area (Å²) in [6.07, 6.45) is 0. The average molecular weight is 394 g/mol. The van der Waals surface area contributed by atoms with Gasteiger partial charge in [0.05, 0.1) is 22.5 Å². The Morgan fingerprint density at radius 3 is 2.44 bits per heavy atom. The maximum atomic E-state index is 13.7. The molecule has 2 aromatic rings. The van der Waals surface area contributed by atoms with Crippen molar-refractivity contribution in [3.05, 3.63) is 59.7 Å². The molecule has 1 fully saturated rings. The summed E-state index contributed by atoms with van der Waals surface area (Å²) in [6, 6.07) is 8.12. The highest BCUT2D eigenvalue weighted by Gasteiger charge is 2.49. The van der Waals surface area contributed by atoms with Crippen molar-refractivity contribution in [3.63, 3.8) is 0 Å². The molecule has 1 N–H and O–H groups in total. The third-order valence-electron chi connectivity index (χ3n) is 4.11. The van der Waals surface area contributed by atoms with E-state index in [1.807, 2.05) is 0 Å². The molecule has 0 spiro atoms. The summed E-state index contributed by atoms with van der Waals surface area (Å²) in [5.74, 6) is -3.39. The molecule has 0 bridgehead atoms. The van der Waals surface area contributed by atoms with Crippen LogP contribution in [0.5, 0.6) is 0 Å². The molecule has 0 radical (unpaired) electrons. The van der Waals surface area contributed by atoms with Gasteiger partial charge in [0, 0.05) is 11.6 Å². The lowest BCUT2D eigenvalue weighted by Crippen LogP contribution is -2.33. The van der Waals surface area contributed by atoms with Crippen LogP contribution in [0.4, 0.5) is 20.2 Å². The van der Waals surface area contributed by atoms with E-state index in [4.69, 9.17) is 0 Å². The largest absolute Gasteiger partial charge is 0.319 e. The predicted octanol–water partition coefficient (Wildman–Crippen LogP) is 2.92. The Bertz CT molecular complexity index is 1050. The van der Waals surface area contributed by atoms with E-state index in [9.17, 15) is 26.8 Å². The monoisotopic (exact) mass is 394 g/mol. The summed E-state index contributed by atoms with van der Waals surface area (Å²) in [5, 5.41) is 2.29. The highest BCUT2D eigenvalue weighted by Crippen LogP contribution is 2.36. The highest BCUT2D eigenvalue weighted by molar-refractivity contribution is 7.94. The maximum Gasteiger partial charge on any atom is 0.255 e. The number of halogens is 2. The molecule has 0 unspecified atom stereocenters. The van der Waals surface area contributed by atoms with Crippen molar-refractivity contribution in [2.45, 2.75) is 13.8 Å². The van der Waals surface area contributed by atoms with E-state index in [1.165, 1.54) is 38.1 Å². The molecule has 3 rings (SSSR count). The van der Waals surface area contributed by atoms with Gasteiger partial charge in [-0.2, -0.15) is 0 Å². The van der Waals surface area contributed by atoms with Crippen molar-refractivity contribution >= 4 is 33.2 Å². The van der Waals surface area contributed by atoms with Crippen LogP contribution in [0.2, 0.25) is 0 Å². The summed E-state index contributed by atoms with van der Waals surface area (Å²) < 4.78 is 52.1. The first-order chi connectivity index (χ1) is 12.5. The number of anilines is 2. The fourth-order valence-electron chi connectivity index (χ4n) is 2.82. The van der Waals surface area contributed by atoms with Gasteiger partial charge in [-0.25, -0.2) is 21.5 Å². The van der Waals surface area contributed by atoms with Crippen LogP contribution < -0.4 is 9.62 Å². The van der Waals surface area contributed by atoms with Gasteiger partial charge in [0.15, 0.2) is 0 Å². The lowest BCUT2D eigenvalue weighted by Gasteiger charge is -2.18. The third-order valence-corrected chi connectivity index (χ3v) is 6.13. The topological polar surface area (TPSA) is 83.6 Å². The van der Waals surface area contributed by atoms with Gasteiger partial charge >= 0.3 is 0 Å². The zero-order chi connectivity index (χ0) is 20.0. The first kappa shape index (κ1) is 19.0. The number of rotatable bonds is 3. The zero-order valence-corrected chi connectivity index (χ0v) is 15.3. The molecule has 1 saturated heterocycles. The van der Waals surface area contributed by atoms with Gasteiger partial charge in [-0.1, -0.05) is 6.07 Å². The quantitative estimate of drug-likeness (QED) is 0.868. The summed E-state index contributed by atoms with van der Waals surface area (Å²) in [6.45, 7) is 3.06. The van der Waals surface area contributed by atoms with Gasteiger partial charge in [0.1, 0.15) is 11.6 Å². The Labute approximate surface area is 154 Å². The second-order valence-corrected chi connectivity index (χ2v) is 8.66. The summed E-state index contributed by atoms with van der Waals surface area (Å²) in [5.41, 5.74) is -1.26. The Hall–Kier alpha value is -2.81. The van der Waals surface area contributed by atoms with Crippen LogP contribution in [0.1, 0.15) is 24.2 Å². The van der Waals surface area contributed by atoms with Crippen LogP contribution in [0, 0.1) is 17.0 Å². The summed E-state index contributed by atoms with van der Waals surface area (Å²) in [4.78, 5) is 24.8. The van der Waals surface area contributed by atoms with E-state index in [1.54, 1.807) is 0 Å². The second kappa shape index (κ2) is 6.41. The van der Waals surface area contributed by atoms with Gasteiger partial charge < -0.3 is 5.32 Å². The average Bonchev–Trinajstić information content (AvgIpc) is 2.73. The van der Waals surface area contributed by atoms with Crippen molar-refractivity contribution in [1.82, 2.24) is 0 Å². The maximum absolute atomic E-state index is 13.7. The zero-order valence-electron chi connectivity index (χ0n) is 14.5. The molecule has 2 aromatic carbocycles. The van der Waals surface area contributed by atoms with Crippen molar-refractivity contribution in [2.24, 2.45) is 5.41 Å². The molecule has 142 valence electrons. The van der Waals surface area contributed by atoms with E-state index >= 15 is 0 Å². The van der Waals surface area contributed by atoms with E-state index in [0.29, 0.717) is 10.4 Å². The van der Waals surface area contributed by atoms with Gasteiger partial charge in [-0.05, 0) is 44.2 Å². The van der Waals surface area contributed by atoms with Gasteiger partial charge in [0.25, 0.3) is 5.91 Å². The van der Waals surface area contributed by atoms with Crippen LogP contribution >= 0.6 is 0 Å². The number of benzene rings is 2. The molecule has 1 aliphatic heterocycles. The van der Waals surface area contributed by atoms with Gasteiger partial charge in [-0.15, -0.1) is 0 Å². The first-order valence-corrected chi connectivity index (χ1v) is 9.56. The molecule has 0 aromatic heterocycles. The Morgan fingerprint density at radius 2 is 1.85 bits per heavy atom. The minimum atomic E-state index is -3.86. The first-order valence-electron chi connectivity index (χ1n) is 7.95. The normalized spacial score (nSPS) is 17.8. The molecule has 0 saturated carbocycles. The minimum absolute atomic E-state index is 0.0175. The van der Waals surface area contributed by atoms with Crippen LogP contribution in [-0.4, -0.2) is 26.0 Å². The van der Waals surface area contributed by atoms with Crippen LogP contribution in [0.3, 0.4) is 0 Å². The number of hydrogen-bond acceptors (Lipinski definition) is 4. The number of carbonyl (C=O) groups is 2. The van der Waals surface area contributed by atoms with E-state index in [0.717, 1.165) is 12.1 Å². The molecule has 2 amide bonds. The molecule has 1 aliphatic rings. The van der Waals surface area contributed by atoms with Crippen molar-refractivity contribution in [3.8, 4) is 0 Å². The fourth-order valence-corrected chi connectivity index (χ4v) is 4.92. The van der Waals surface area contributed by atoms with E-state index < -0.39 is 38.9 Å². The molecule has 27 heavy (non-hydrogen) atoms. The Kier molecular flexibility index (Phi) is 4.51. The van der Waals surface area contributed by atoms with Gasteiger partial charge in [0.2, 0.25) is 15.9 Å². The van der Waals surface area contributed by atoms with Crippen LogP contribution in [0.25, 0.3) is 0 Å². The molecular formula is C18H16F2N2O4S. The van der Waals surface area contributed by atoms with E-state index in [-0.39, 0.29) is 22.7 Å². The smallest absolute Gasteiger partial charge is 0.255 e. The van der Waals surface area contributed by atoms with Crippen LogP contribution in [0.15, 0.2) is 42.5 Å². The molecule has 1 heterocycles. The SMILES string of the molecule is CC1(C)CS(=O)(=O)N(c2cccc(C(=O)Nc3ccc(F)cc3F)c2)C1=O. The molecule has 6 nitrogen and oxygen atoms in total. The van der Waals surface area contributed by atoms with Crippen LogP contribution in [-0.2, 0) is 14.8 Å². The predicted molar refractivity (Wildman–Crippen MR) is 95.8 cm³/mol. The molecule has 9 heteroatoms. The minimum Gasteiger partial charge on any atom is -0.319 e. The number of hydrogen-bond donors (Lipinski definition) is 1. The van der Waals surface area contributed by atoms with Crippen molar-refractivity contribution in [1.29, 1.82) is 0 Å². The second-order valence-electron chi connectivity index (χ2n) is 6.84.